The van der Waals surface area contributed by atoms with E-state index in [0.29, 0.717) is 31.6 Å². The van der Waals surface area contributed by atoms with Crippen molar-refractivity contribution in [3.05, 3.63) is 0 Å². The zero-order valence-electron chi connectivity index (χ0n) is 17.0. The molecule has 3 atom stereocenters. The number of rotatable bonds is 16. The Morgan fingerprint density at radius 3 is 2.20 bits per heavy atom. The smallest absolute Gasteiger partial charge is 0.326 e. The van der Waals surface area contributed by atoms with Crippen molar-refractivity contribution in [3.8, 4) is 0 Å². The Morgan fingerprint density at radius 1 is 1.00 bits per heavy atom. The Kier molecular flexibility index (Phi) is 14.2. The average molecular weight is 449 g/mol. The highest BCUT2D eigenvalue weighted by atomic mass is 32.2. The van der Waals surface area contributed by atoms with E-state index in [4.69, 9.17) is 22.3 Å². The minimum Gasteiger partial charge on any atom is -0.480 e. The summed E-state index contributed by atoms with van der Waals surface area (Å²) in [6.45, 7) is -0.0348. The Balaban J connectivity index is 4.75. The third-order valence-corrected chi connectivity index (χ3v) is 4.66. The Hall–Kier alpha value is -2.38. The molecule has 10 N–H and O–H groups in total. The van der Waals surface area contributed by atoms with Crippen LogP contribution in [0, 0.1) is 0 Å². The first kappa shape index (κ1) is 27.6. The van der Waals surface area contributed by atoms with E-state index in [-0.39, 0.29) is 0 Å². The zero-order chi connectivity index (χ0) is 23.1. The van der Waals surface area contributed by atoms with Crippen molar-refractivity contribution in [2.24, 2.45) is 17.2 Å². The Bertz CT molecular complexity index is 605. The second-order valence-corrected chi connectivity index (χ2v) is 7.57. The highest BCUT2D eigenvalue weighted by molar-refractivity contribution is 7.98. The number of carboxylic acids is 1. The first-order valence-corrected chi connectivity index (χ1v) is 10.8. The third kappa shape index (κ3) is 12.2. The maximum atomic E-state index is 12.4. The first-order chi connectivity index (χ1) is 14.1. The standard InChI is InChI=1S/C17H32N6O6S/c1-30-7-5-11(23-15(26)10(19)4-2-3-6-18)16(27)21-9-14(25)22-12(17(28)29)8-13(20)24/h10-12H,2-9,18-19H2,1H3,(H2,20,24)(H,21,27)(H,22,25)(H,23,26)(H,28,29). The fraction of sp³-hybridized carbons (Fsp3) is 0.706. The van der Waals surface area contributed by atoms with Gasteiger partial charge in [0.1, 0.15) is 12.1 Å². The van der Waals surface area contributed by atoms with Gasteiger partial charge in [-0.3, -0.25) is 19.2 Å². The van der Waals surface area contributed by atoms with Crippen LogP contribution in [0.4, 0.5) is 0 Å². The predicted octanol–water partition coefficient (Wildman–Crippen LogP) is -2.76. The number of nitrogens with two attached hydrogens (primary N) is 3. The van der Waals surface area contributed by atoms with Crippen LogP contribution < -0.4 is 33.2 Å². The van der Waals surface area contributed by atoms with E-state index in [1.807, 2.05) is 6.26 Å². The van der Waals surface area contributed by atoms with Crippen LogP contribution in [0.25, 0.3) is 0 Å². The van der Waals surface area contributed by atoms with Gasteiger partial charge < -0.3 is 38.3 Å². The summed E-state index contributed by atoms with van der Waals surface area (Å²) in [5.41, 5.74) is 16.2. The van der Waals surface area contributed by atoms with Gasteiger partial charge in [0, 0.05) is 0 Å². The van der Waals surface area contributed by atoms with Gasteiger partial charge in [-0.05, 0) is 37.8 Å². The molecule has 172 valence electrons. The van der Waals surface area contributed by atoms with Gasteiger partial charge in [0.2, 0.25) is 23.6 Å². The second-order valence-electron chi connectivity index (χ2n) is 6.58. The highest BCUT2D eigenvalue weighted by Crippen LogP contribution is 2.04. The van der Waals surface area contributed by atoms with E-state index in [9.17, 15) is 24.0 Å². The molecule has 0 aromatic carbocycles. The number of aliphatic carboxylic acids is 1. The fourth-order valence-corrected chi connectivity index (χ4v) is 2.83. The zero-order valence-corrected chi connectivity index (χ0v) is 17.8. The number of nitrogens with one attached hydrogen (secondary N) is 3. The van der Waals surface area contributed by atoms with Gasteiger partial charge in [-0.25, -0.2) is 4.79 Å². The van der Waals surface area contributed by atoms with Crippen LogP contribution in [-0.2, 0) is 24.0 Å². The number of carboxylic acid groups (broad SMARTS) is 1. The van der Waals surface area contributed by atoms with Crippen molar-refractivity contribution in [2.45, 2.75) is 50.2 Å². The molecule has 3 unspecified atom stereocenters. The van der Waals surface area contributed by atoms with Gasteiger partial charge in [0.25, 0.3) is 0 Å². The minimum absolute atomic E-state index is 0.315. The minimum atomic E-state index is -1.49. The van der Waals surface area contributed by atoms with E-state index in [1.165, 1.54) is 11.8 Å². The second kappa shape index (κ2) is 15.5. The summed E-state index contributed by atoms with van der Waals surface area (Å²) in [6.07, 6.45) is 3.42. The van der Waals surface area contributed by atoms with E-state index < -0.39 is 60.7 Å². The number of carbonyl (C=O) groups excluding carboxylic acids is 4. The van der Waals surface area contributed by atoms with E-state index in [1.54, 1.807) is 0 Å². The lowest BCUT2D eigenvalue weighted by molar-refractivity contribution is -0.143. The monoisotopic (exact) mass is 448 g/mol. The van der Waals surface area contributed by atoms with Gasteiger partial charge in [-0.1, -0.05) is 6.42 Å². The third-order valence-electron chi connectivity index (χ3n) is 4.01. The Morgan fingerprint density at radius 2 is 1.67 bits per heavy atom. The van der Waals surface area contributed by atoms with Crippen LogP contribution >= 0.6 is 11.8 Å². The molecule has 0 bridgehead atoms. The summed E-state index contributed by atoms with van der Waals surface area (Å²) in [6, 6.07) is -3.18. The van der Waals surface area contributed by atoms with Crippen molar-refractivity contribution in [1.82, 2.24) is 16.0 Å². The van der Waals surface area contributed by atoms with E-state index in [2.05, 4.69) is 16.0 Å². The molecule has 0 spiro atoms. The van der Waals surface area contributed by atoms with Crippen LogP contribution in [0.3, 0.4) is 0 Å². The van der Waals surface area contributed by atoms with Gasteiger partial charge in [-0.2, -0.15) is 11.8 Å². The van der Waals surface area contributed by atoms with E-state index >= 15 is 0 Å². The SMILES string of the molecule is CSCCC(NC(=O)C(N)CCCCN)C(=O)NCC(=O)NC(CC(N)=O)C(=O)O. The molecule has 0 aliphatic rings. The maximum absolute atomic E-state index is 12.4. The maximum Gasteiger partial charge on any atom is 0.326 e. The number of amides is 4. The van der Waals surface area contributed by atoms with Crippen LogP contribution in [0.2, 0.25) is 0 Å². The first-order valence-electron chi connectivity index (χ1n) is 9.45. The topological polar surface area (TPSA) is 220 Å². The fourth-order valence-electron chi connectivity index (χ4n) is 2.36. The largest absolute Gasteiger partial charge is 0.480 e. The van der Waals surface area contributed by atoms with Crippen LogP contribution in [0.15, 0.2) is 0 Å². The van der Waals surface area contributed by atoms with Gasteiger partial charge in [-0.15, -0.1) is 0 Å². The van der Waals surface area contributed by atoms with Gasteiger partial charge in [0.15, 0.2) is 0 Å². The van der Waals surface area contributed by atoms with Crippen LogP contribution in [-0.4, -0.2) is 77.9 Å². The van der Waals surface area contributed by atoms with Crippen molar-refractivity contribution >= 4 is 41.4 Å². The van der Waals surface area contributed by atoms with Crippen molar-refractivity contribution in [3.63, 3.8) is 0 Å². The summed E-state index contributed by atoms with van der Waals surface area (Å²) >= 11 is 1.48. The summed E-state index contributed by atoms with van der Waals surface area (Å²) in [4.78, 5) is 58.4. The van der Waals surface area contributed by atoms with Crippen LogP contribution in [0.5, 0.6) is 0 Å². The number of hydrogen-bond donors (Lipinski definition) is 7. The van der Waals surface area contributed by atoms with Gasteiger partial charge >= 0.3 is 5.97 Å². The molecule has 0 saturated heterocycles. The number of carbonyl (C=O) groups is 5. The van der Waals surface area contributed by atoms with Gasteiger partial charge in [0.05, 0.1) is 19.0 Å². The molecule has 0 aromatic heterocycles. The number of thioether (sulfide) groups is 1. The molecule has 0 aliphatic heterocycles. The lowest BCUT2D eigenvalue weighted by Crippen LogP contribution is -2.53. The molecule has 0 radical (unpaired) electrons. The summed E-state index contributed by atoms with van der Waals surface area (Å²) in [5, 5.41) is 16.0. The normalized spacial score (nSPS) is 13.6. The van der Waals surface area contributed by atoms with Crippen molar-refractivity contribution < 1.29 is 29.1 Å². The molecule has 13 heteroatoms. The predicted molar refractivity (Wildman–Crippen MR) is 112 cm³/mol. The molecule has 30 heavy (non-hydrogen) atoms. The number of primary amides is 1. The quantitative estimate of drug-likeness (QED) is 0.121. The molecular weight excluding hydrogens is 416 g/mol. The number of unbranched alkanes of at least 4 members (excludes halogenated alkanes) is 1. The van der Waals surface area contributed by atoms with Crippen molar-refractivity contribution in [1.29, 1.82) is 0 Å². The average Bonchev–Trinajstić information content (AvgIpc) is 2.68. The van der Waals surface area contributed by atoms with Crippen LogP contribution in [0.1, 0.15) is 32.1 Å². The summed E-state index contributed by atoms with van der Waals surface area (Å²) in [7, 11) is 0. The highest BCUT2D eigenvalue weighted by Gasteiger charge is 2.25. The molecule has 4 amide bonds. The van der Waals surface area contributed by atoms with Crippen molar-refractivity contribution in [2.75, 3.05) is 25.1 Å². The molecule has 12 nitrogen and oxygen atoms in total. The summed E-state index contributed by atoms with van der Waals surface area (Å²) in [5.74, 6) is -3.65. The molecule has 0 aromatic rings. The number of hydrogen-bond acceptors (Lipinski definition) is 8. The lowest BCUT2D eigenvalue weighted by Gasteiger charge is -2.21. The molecule has 0 heterocycles. The van der Waals surface area contributed by atoms with E-state index in [0.717, 1.165) is 6.42 Å². The molecule has 0 saturated carbocycles. The molecule has 0 aliphatic carbocycles. The molecule has 0 rings (SSSR count). The Labute approximate surface area is 179 Å². The molecule has 0 fully saturated rings. The molecular formula is C17H32N6O6S. The lowest BCUT2D eigenvalue weighted by atomic mass is 10.1. The summed E-state index contributed by atoms with van der Waals surface area (Å²) < 4.78 is 0.